The van der Waals surface area contributed by atoms with Gasteiger partial charge in [0.2, 0.25) is 5.91 Å². The van der Waals surface area contributed by atoms with Gasteiger partial charge in [0.25, 0.3) is 0 Å². The molecule has 1 saturated heterocycles. The molecule has 0 aromatic heterocycles. The van der Waals surface area contributed by atoms with Crippen LogP contribution in [0, 0.1) is 22.2 Å². The Hall–Kier alpha value is -0.570. The van der Waals surface area contributed by atoms with E-state index in [1.807, 2.05) is 4.90 Å². The van der Waals surface area contributed by atoms with Gasteiger partial charge in [0.05, 0.1) is 0 Å². The molecule has 0 radical (unpaired) electrons. The van der Waals surface area contributed by atoms with E-state index in [4.69, 9.17) is 5.73 Å². The van der Waals surface area contributed by atoms with Crippen LogP contribution in [0.3, 0.4) is 0 Å². The summed E-state index contributed by atoms with van der Waals surface area (Å²) in [5.74, 6) is 1.26. The first-order valence-corrected chi connectivity index (χ1v) is 8.32. The molecule has 2 atom stereocenters. The molecular weight excluding hydrogens is 248 g/mol. The number of rotatable bonds is 2. The molecule has 112 valence electrons. The number of hydrogen-bond acceptors (Lipinski definition) is 2. The number of carbonyl (C=O) groups is 1. The summed E-state index contributed by atoms with van der Waals surface area (Å²) < 4.78 is 0. The van der Waals surface area contributed by atoms with Crippen LogP contribution in [0.5, 0.6) is 0 Å². The van der Waals surface area contributed by atoms with Crippen LogP contribution in [0.2, 0.25) is 0 Å². The van der Waals surface area contributed by atoms with E-state index in [1.165, 1.54) is 38.5 Å². The quantitative estimate of drug-likeness (QED) is 0.842. The van der Waals surface area contributed by atoms with E-state index in [1.54, 1.807) is 0 Å². The Balaban J connectivity index is 1.53. The molecule has 5 aliphatic rings. The maximum atomic E-state index is 12.5. The smallest absolute Gasteiger partial charge is 0.223 e. The van der Waals surface area contributed by atoms with Crippen LogP contribution in [0.4, 0.5) is 0 Å². The zero-order valence-corrected chi connectivity index (χ0v) is 13.0. The normalized spacial score (nSPS) is 50.4. The molecule has 2 unspecified atom stereocenters. The molecule has 0 spiro atoms. The second-order valence-electron chi connectivity index (χ2n) is 9.37. The van der Waals surface area contributed by atoms with Crippen molar-refractivity contribution in [2.45, 2.75) is 64.8 Å². The molecule has 2 N–H and O–H groups in total. The first-order chi connectivity index (χ1) is 9.29. The molecular formula is C17H28N2O. The fourth-order valence-corrected chi connectivity index (χ4v) is 7.03. The first-order valence-electron chi connectivity index (χ1n) is 8.32. The van der Waals surface area contributed by atoms with E-state index in [-0.39, 0.29) is 6.04 Å². The van der Waals surface area contributed by atoms with E-state index in [9.17, 15) is 4.79 Å². The number of amides is 1. The van der Waals surface area contributed by atoms with Gasteiger partial charge in [0.15, 0.2) is 0 Å². The molecule has 5 rings (SSSR count). The summed E-state index contributed by atoms with van der Waals surface area (Å²) in [4.78, 5) is 14.5. The third-order valence-corrected chi connectivity index (χ3v) is 6.53. The highest BCUT2D eigenvalue weighted by atomic mass is 16.2. The molecule has 0 aromatic carbocycles. The lowest BCUT2D eigenvalue weighted by molar-refractivity contribution is -0.163. The minimum absolute atomic E-state index is 0.227. The highest BCUT2D eigenvalue weighted by Gasteiger charge is 2.60. The lowest BCUT2D eigenvalue weighted by Gasteiger charge is -2.65. The maximum absolute atomic E-state index is 12.5. The van der Waals surface area contributed by atoms with Crippen LogP contribution in [-0.2, 0) is 4.79 Å². The highest BCUT2D eigenvalue weighted by Crippen LogP contribution is 2.70. The van der Waals surface area contributed by atoms with Gasteiger partial charge in [-0.1, -0.05) is 13.8 Å². The molecule has 0 aromatic rings. The zero-order chi connectivity index (χ0) is 14.2. The first kappa shape index (κ1) is 13.1. The van der Waals surface area contributed by atoms with Gasteiger partial charge in [-0.25, -0.2) is 0 Å². The molecule has 4 aliphatic carbocycles. The molecule has 4 bridgehead atoms. The van der Waals surface area contributed by atoms with Crippen molar-refractivity contribution in [2.75, 3.05) is 13.1 Å². The minimum atomic E-state index is 0.227. The molecule has 1 heterocycles. The lowest BCUT2D eigenvalue weighted by Crippen LogP contribution is -2.60. The van der Waals surface area contributed by atoms with E-state index >= 15 is 0 Å². The van der Waals surface area contributed by atoms with Crippen molar-refractivity contribution >= 4 is 5.91 Å². The van der Waals surface area contributed by atoms with Gasteiger partial charge < -0.3 is 10.6 Å². The van der Waals surface area contributed by atoms with Crippen molar-refractivity contribution in [1.82, 2.24) is 4.90 Å². The summed E-state index contributed by atoms with van der Waals surface area (Å²) in [6.45, 7) is 6.53. The SMILES string of the molecule is CC12CC3CC(C)(C1)CC(CC(=O)N1CC(N)C1)(C3)C2. The third-order valence-electron chi connectivity index (χ3n) is 6.53. The van der Waals surface area contributed by atoms with Crippen LogP contribution in [-0.4, -0.2) is 29.9 Å². The van der Waals surface area contributed by atoms with Crippen molar-refractivity contribution in [2.24, 2.45) is 27.9 Å². The van der Waals surface area contributed by atoms with Gasteiger partial charge >= 0.3 is 0 Å². The van der Waals surface area contributed by atoms with Gasteiger partial charge in [-0.05, 0) is 60.7 Å². The Kier molecular flexibility index (Phi) is 2.49. The minimum Gasteiger partial charge on any atom is -0.339 e. The lowest BCUT2D eigenvalue weighted by atomic mass is 9.40. The number of likely N-dealkylation sites (tertiary alicyclic amines) is 1. The predicted molar refractivity (Wildman–Crippen MR) is 79.0 cm³/mol. The van der Waals surface area contributed by atoms with Gasteiger partial charge in [-0.15, -0.1) is 0 Å². The molecule has 3 heteroatoms. The topological polar surface area (TPSA) is 46.3 Å². The standard InChI is InChI=1S/C17H28N2O/c1-15-3-12-4-16(2,9-15)11-17(5-12,10-15)6-14(20)19-7-13(18)8-19/h12-13H,3-11,18H2,1-2H3. The summed E-state index contributed by atoms with van der Waals surface area (Å²) in [5, 5.41) is 0. The van der Waals surface area contributed by atoms with E-state index < -0.39 is 0 Å². The summed E-state index contributed by atoms with van der Waals surface area (Å²) in [7, 11) is 0. The van der Waals surface area contributed by atoms with Crippen LogP contribution in [0.25, 0.3) is 0 Å². The summed E-state index contributed by atoms with van der Waals surface area (Å²) in [6.07, 6.45) is 8.89. The summed E-state index contributed by atoms with van der Waals surface area (Å²) >= 11 is 0. The zero-order valence-electron chi connectivity index (χ0n) is 13.0. The molecule has 20 heavy (non-hydrogen) atoms. The van der Waals surface area contributed by atoms with Crippen LogP contribution < -0.4 is 5.73 Å². The molecule has 5 fully saturated rings. The third kappa shape index (κ3) is 1.93. The average Bonchev–Trinajstić information content (AvgIpc) is 2.18. The second-order valence-corrected chi connectivity index (χ2v) is 9.37. The Morgan fingerprint density at radius 3 is 2.20 bits per heavy atom. The number of carbonyl (C=O) groups excluding carboxylic acids is 1. The van der Waals surface area contributed by atoms with Crippen LogP contribution in [0.15, 0.2) is 0 Å². The summed E-state index contributed by atoms with van der Waals surface area (Å²) in [5.41, 5.74) is 7.16. The molecule has 4 saturated carbocycles. The number of nitrogens with two attached hydrogens (primary N) is 1. The van der Waals surface area contributed by atoms with Gasteiger partial charge in [0, 0.05) is 25.6 Å². The number of hydrogen-bond donors (Lipinski definition) is 1. The molecule has 1 aliphatic heterocycles. The van der Waals surface area contributed by atoms with E-state index in [2.05, 4.69) is 13.8 Å². The van der Waals surface area contributed by atoms with Crippen molar-refractivity contribution < 1.29 is 4.79 Å². The predicted octanol–water partition coefficient (Wildman–Crippen LogP) is 2.54. The Morgan fingerprint density at radius 1 is 1.10 bits per heavy atom. The van der Waals surface area contributed by atoms with Crippen LogP contribution >= 0.6 is 0 Å². The van der Waals surface area contributed by atoms with Gasteiger partial charge in [-0.3, -0.25) is 4.79 Å². The fourth-order valence-electron chi connectivity index (χ4n) is 7.03. The Bertz CT molecular complexity index is 436. The van der Waals surface area contributed by atoms with Gasteiger partial charge in [0.1, 0.15) is 0 Å². The monoisotopic (exact) mass is 276 g/mol. The number of nitrogens with zero attached hydrogens (tertiary/aromatic N) is 1. The van der Waals surface area contributed by atoms with Gasteiger partial charge in [-0.2, -0.15) is 0 Å². The Morgan fingerprint density at radius 2 is 1.70 bits per heavy atom. The Labute approximate surface area is 122 Å². The van der Waals surface area contributed by atoms with Crippen LogP contribution in [0.1, 0.15) is 58.8 Å². The summed E-state index contributed by atoms with van der Waals surface area (Å²) in [6, 6.07) is 0.227. The average molecular weight is 276 g/mol. The van der Waals surface area contributed by atoms with Crippen molar-refractivity contribution in [3.8, 4) is 0 Å². The second kappa shape index (κ2) is 3.79. The van der Waals surface area contributed by atoms with E-state index in [0.717, 1.165) is 25.4 Å². The molecule has 1 amide bonds. The highest BCUT2D eigenvalue weighted by molar-refractivity contribution is 5.78. The van der Waals surface area contributed by atoms with E-state index in [0.29, 0.717) is 22.2 Å². The van der Waals surface area contributed by atoms with Crippen molar-refractivity contribution in [3.05, 3.63) is 0 Å². The van der Waals surface area contributed by atoms with Crippen molar-refractivity contribution in [3.63, 3.8) is 0 Å². The molecule has 3 nitrogen and oxygen atoms in total. The largest absolute Gasteiger partial charge is 0.339 e. The fraction of sp³-hybridized carbons (Fsp3) is 0.941. The van der Waals surface area contributed by atoms with Crippen molar-refractivity contribution in [1.29, 1.82) is 0 Å². The maximum Gasteiger partial charge on any atom is 0.223 e.